The van der Waals surface area contributed by atoms with Gasteiger partial charge < -0.3 is 19.9 Å². The molecule has 0 aliphatic carbocycles. The van der Waals surface area contributed by atoms with Gasteiger partial charge in [-0.3, -0.25) is 14.5 Å². The quantitative estimate of drug-likeness (QED) is 0.587. The molecule has 9 nitrogen and oxygen atoms in total. The molecule has 0 spiro atoms. The van der Waals surface area contributed by atoms with E-state index >= 15 is 0 Å². The van der Waals surface area contributed by atoms with Gasteiger partial charge >= 0.3 is 18.0 Å². The van der Waals surface area contributed by atoms with E-state index in [4.69, 9.17) is 4.74 Å². The van der Waals surface area contributed by atoms with E-state index < -0.39 is 36.0 Å². The number of fused-ring (bicyclic) bond motifs is 1. The molecule has 0 saturated carbocycles. The highest BCUT2D eigenvalue weighted by Gasteiger charge is 2.37. The lowest BCUT2D eigenvalue weighted by Gasteiger charge is -2.35. The number of nitrogens with one attached hydrogen (secondary N) is 1. The molecule has 0 unspecified atom stereocenters. The van der Waals surface area contributed by atoms with Crippen molar-refractivity contribution in [2.45, 2.75) is 44.5 Å². The fourth-order valence-electron chi connectivity index (χ4n) is 3.64. The van der Waals surface area contributed by atoms with Gasteiger partial charge in [-0.1, -0.05) is 54.6 Å². The van der Waals surface area contributed by atoms with Crippen LogP contribution >= 0.6 is 0 Å². The van der Waals surface area contributed by atoms with E-state index in [-0.39, 0.29) is 32.4 Å². The number of hydrogen-bond donors (Lipinski definition) is 2. The van der Waals surface area contributed by atoms with Crippen molar-refractivity contribution in [3.8, 4) is 0 Å². The number of aliphatic carboxylic acids is 1. The van der Waals surface area contributed by atoms with Gasteiger partial charge in [0.2, 0.25) is 5.91 Å². The summed E-state index contributed by atoms with van der Waals surface area (Å²) in [6.07, 6.45) is -0.749. The van der Waals surface area contributed by atoms with Gasteiger partial charge in [0.25, 0.3) is 0 Å². The van der Waals surface area contributed by atoms with Crippen LogP contribution in [0.1, 0.15) is 29.5 Å². The average Bonchev–Trinajstić information content (AvgIpc) is 2.84. The second-order valence-electron chi connectivity index (χ2n) is 7.67. The van der Waals surface area contributed by atoms with Gasteiger partial charge in [0.15, 0.2) is 0 Å². The Morgan fingerprint density at radius 3 is 2.39 bits per heavy atom. The number of esters is 1. The van der Waals surface area contributed by atoms with E-state index in [1.165, 1.54) is 12.0 Å². The summed E-state index contributed by atoms with van der Waals surface area (Å²) in [4.78, 5) is 50.3. The molecule has 2 N–H and O–H groups in total. The molecule has 1 heterocycles. The Kier molecular flexibility index (Phi) is 8.01. The Hall–Kier alpha value is -3.88. The van der Waals surface area contributed by atoms with Crippen LogP contribution in [0.25, 0.3) is 0 Å². The Bertz CT molecular complexity index is 1010. The van der Waals surface area contributed by atoms with Gasteiger partial charge in [-0.15, -0.1) is 0 Å². The van der Waals surface area contributed by atoms with Crippen molar-refractivity contribution >= 4 is 23.9 Å². The molecule has 2 atom stereocenters. The number of carbonyl (C=O) groups is 4. The number of methoxy groups -OCH3 is 1. The summed E-state index contributed by atoms with van der Waals surface area (Å²) in [5, 5.41) is 11.9. The first-order valence-corrected chi connectivity index (χ1v) is 10.5. The van der Waals surface area contributed by atoms with E-state index in [9.17, 15) is 24.3 Å². The highest BCUT2D eigenvalue weighted by atomic mass is 16.6. The van der Waals surface area contributed by atoms with Crippen molar-refractivity contribution in [2.24, 2.45) is 0 Å². The van der Waals surface area contributed by atoms with Crippen molar-refractivity contribution in [2.75, 3.05) is 7.11 Å². The molecule has 2 amide bonds. The van der Waals surface area contributed by atoms with E-state index in [2.05, 4.69) is 10.1 Å². The first-order valence-electron chi connectivity index (χ1n) is 10.5. The molecule has 2 aromatic carbocycles. The summed E-state index contributed by atoms with van der Waals surface area (Å²) >= 11 is 0. The monoisotopic (exact) mass is 454 g/mol. The maximum absolute atomic E-state index is 13.1. The highest BCUT2D eigenvalue weighted by molar-refractivity contribution is 5.90. The van der Waals surface area contributed by atoms with Gasteiger partial charge in [-0.05, 0) is 23.1 Å². The third-order valence-corrected chi connectivity index (χ3v) is 5.47. The number of hydrogen-bond acceptors (Lipinski definition) is 6. The summed E-state index contributed by atoms with van der Waals surface area (Å²) in [6, 6.07) is 14.3. The Morgan fingerprint density at radius 1 is 1.06 bits per heavy atom. The van der Waals surface area contributed by atoms with Gasteiger partial charge in [0.1, 0.15) is 18.7 Å². The summed E-state index contributed by atoms with van der Waals surface area (Å²) in [7, 11) is 1.20. The van der Waals surface area contributed by atoms with E-state index in [1.807, 2.05) is 54.6 Å². The normalized spacial score (nSPS) is 15.7. The second-order valence-corrected chi connectivity index (χ2v) is 7.67. The van der Waals surface area contributed by atoms with Crippen LogP contribution in [0.2, 0.25) is 0 Å². The maximum atomic E-state index is 13.1. The molecule has 0 radical (unpaired) electrons. The molecular weight excluding hydrogens is 428 g/mol. The summed E-state index contributed by atoms with van der Waals surface area (Å²) in [5.41, 5.74) is 2.59. The average molecular weight is 454 g/mol. The third kappa shape index (κ3) is 6.31. The van der Waals surface area contributed by atoms with Crippen molar-refractivity contribution in [3.05, 3.63) is 71.3 Å². The molecule has 3 rings (SSSR count). The fourth-order valence-corrected chi connectivity index (χ4v) is 3.64. The molecule has 0 fully saturated rings. The zero-order chi connectivity index (χ0) is 23.8. The number of carboxylic acid groups (broad SMARTS) is 1. The first-order chi connectivity index (χ1) is 15.9. The van der Waals surface area contributed by atoms with Crippen molar-refractivity contribution in [3.63, 3.8) is 0 Å². The minimum absolute atomic E-state index is 0.0447. The number of carboxylic acids is 1. The maximum Gasteiger partial charge on any atom is 0.411 e. The molecule has 0 saturated heterocycles. The number of benzene rings is 2. The molecule has 2 aromatic rings. The Labute approximate surface area is 191 Å². The van der Waals surface area contributed by atoms with E-state index in [0.717, 1.165) is 16.7 Å². The zero-order valence-electron chi connectivity index (χ0n) is 18.2. The minimum Gasteiger partial charge on any atom is -0.480 e. The standard InChI is InChI=1S/C24H26N2O7/c1-32-21(27)12-11-19(23(29)30)25-22(28)20-13-17-9-5-6-10-18(17)14-26(20)24(31)33-15-16-7-3-2-4-8-16/h2-10,19-20H,11-15H2,1H3,(H,25,28)(H,29,30)/t19-,20+/m1/s1. The van der Waals surface area contributed by atoms with Gasteiger partial charge in [0, 0.05) is 12.8 Å². The van der Waals surface area contributed by atoms with Crippen LogP contribution < -0.4 is 5.32 Å². The molecule has 1 aliphatic rings. The molecule has 0 aromatic heterocycles. The molecular formula is C24H26N2O7. The van der Waals surface area contributed by atoms with Crippen LogP contribution in [0.15, 0.2) is 54.6 Å². The predicted octanol–water partition coefficient (Wildman–Crippen LogP) is 2.27. The van der Waals surface area contributed by atoms with Gasteiger partial charge in [-0.25, -0.2) is 9.59 Å². The lowest BCUT2D eigenvalue weighted by atomic mass is 9.93. The number of nitrogens with zero attached hydrogens (tertiary/aromatic N) is 1. The molecule has 174 valence electrons. The SMILES string of the molecule is COC(=O)CC[C@@H](NC(=O)[C@@H]1Cc2ccccc2CN1C(=O)OCc1ccccc1)C(=O)O. The lowest BCUT2D eigenvalue weighted by Crippen LogP contribution is -2.55. The molecule has 1 aliphatic heterocycles. The van der Waals surface area contributed by atoms with Crippen LogP contribution in [0, 0.1) is 0 Å². The summed E-state index contributed by atoms with van der Waals surface area (Å²) in [6.45, 7) is 0.199. The van der Waals surface area contributed by atoms with Crippen molar-refractivity contribution in [1.29, 1.82) is 0 Å². The lowest BCUT2D eigenvalue weighted by molar-refractivity contribution is -0.144. The van der Waals surface area contributed by atoms with E-state index in [0.29, 0.717) is 0 Å². The van der Waals surface area contributed by atoms with Crippen LogP contribution in [0.4, 0.5) is 4.79 Å². The third-order valence-electron chi connectivity index (χ3n) is 5.47. The molecule has 0 bridgehead atoms. The largest absolute Gasteiger partial charge is 0.480 e. The van der Waals surface area contributed by atoms with Gasteiger partial charge in [0.05, 0.1) is 13.7 Å². The number of rotatable bonds is 8. The number of ether oxygens (including phenoxy) is 2. The van der Waals surface area contributed by atoms with Gasteiger partial charge in [-0.2, -0.15) is 0 Å². The molecule has 33 heavy (non-hydrogen) atoms. The number of carbonyl (C=O) groups excluding carboxylic acids is 3. The summed E-state index contributed by atoms with van der Waals surface area (Å²) in [5.74, 6) is -2.48. The molecule has 9 heteroatoms. The Morgan fingerprint density at radius 2 is 1.73 bits per heavy atom. The summed E-state index contributed by atoms with van der Waals surface area (Å²) < 4.78 is 9.98. The van der Waals surface area contributed by atoms with Crippen LogP contribution in [-0.2, 0) is 43.4 Å². The minimum atomic E-state index is -1.30. The second kappa shape index (κ2) is 11.1. The van der Waals surface area contributed by atoms with Crippen LogP contribution in [-0.4, -0.2) is 53.1 Å². The first kappa shape index (κ1) is 23.8. The van der Waals surface area contributed by atoms with Crippen LogP contribution in [0.3, 0.4) is 0 Å². The van der Waals surface area contributed by atoms with Crippen molar-refractivity contribution < 1.29 is 33.8 Å². The Balaban J connectivity index is 1.75. The van der Waals surface area contributed by atoms with Crippen molar-refractivity contribution in [1.82, 2.24) is 10.2 Å². The topological polar surface area (TPSA) is 122 Å². The van der Waals surface area contributed by atoms with E-state index in [1.54, 1.807) is 0 Å². The van der Waals surface area contributed by atoms with Crippen LogP contribution in [0.5, 0.6) is 0 Å². The highest BCUT2D eigenvalue weighted by Crippen LogP contribution is 2.25. The smallest absolute Gasteiger partial charge is 0.411 e. The fraction of sp³-hybridized carbons (Fsp3) is 0.333. The predicted molar refractivity (Wildman–Crippen MR) is 117 cm³/mol. The number of amides is 2. The zero-order valence-corrected chi connectivity index (χ0v) is 18.2.